The van der Waals surface area contributed by atoms with Gasteiger partial charge in [-0.1, -0.05) is 0 Å². The molecule has 0 aliphatic heterocycles. The van der Waals surface area contributed by atoms with Crippen LogP contribution < -0.4 is 0 Å². The Morgan fingerprint density at radius 3 is 2.37 bits per heavy atom. The fourth-order valence-corrected chi connectivity index (χ4v) is 3.91. The zero-order valence-corrected chi connectivity index (χ0v) is 16.8. The number of aromatic nitrogens is 2. The van der Waals surface area contributed by atoms with Crippen LogP contribution in [0, 0.1) is 30.9 Å². The lowest BCUT2D eigenvalue weighted by Gasteiger charge is -2.15. The van der Waals surface area contributed by atoms with Crippen molar-refractivity contribution in [3.05, 3.63) is 55.8 Å². The second kappa shape index (κ2) is 6.70. The third kappa shape index (κ3) is 3.06. The van der Waals surface area contributed by atoms with E-state index in [4.69, 9.17) is 0 Å². The number of phenols is 2. The molecule has 0 fully saturated rings. The first-order valence-corrected chi connectivity index (χ1v) is 8.92. The highest BCUT2D eigenvalue weighted by molar-refractivity contribution is 9.10. The van der Waals surface area contributed by atoms with Crippen molar-refractivity contribution in [2.75, 3.05) is 0 Å². The number of hydrogen-bond donors (Lipinski definition) is 2. The van der Waals surface area contributed by atoms with Crippen molar-refractivity contribution in [3.63, 3.8) is 0 Å². The van der Waals surface area contributed by atoms with Crippen molar-refractivity contribution in [1.29, 1.82) is 0 Å². The topological polar surface area (TPSA) is 101 Å². The molecule has 2 N–H and O–H groups in total. The zero-order chi connectivity index (χ0) is 20.0. The van der Waals surface area contributed by atoms with Crippen LogP contribution >= 0.6 is 15.9 Å². The average molecular weight is 432 g/mol. The van der Waals surface area contributed by atoms with E-state index in [1.54, 1.807) is 0 Å². The summed E-state index contributed by atoms with van der Waals surface area (Å²) in [4.78, 5) is 15.0. The largest absolute Gasteiger partial charge is 0.504 e. The van der Waals surface area contributed by atoms with Gasteiger partial charge in [0.1, 0.15) is 4.60 Å². The number of hydrogen-bond acceptors (Lipinski definition) is 5. The molecule has 2 heterocycles. The Bertz CT molecular complexity index is 1090. The van der Waals surface area contributed by atoms with E-state index in [1.807, 2.05) is 44.5 Å². The van der Waals surface area contributed by atoms with Crippen LogP contribution in [0.4, 0.5) is 5.69 Å². The molecule has 0 radical (unpaired) electrons. The van der Waals surface area contributed by atoms with Gasteiger partial charge < -0.3 is 14.8 Å². The zero-order valence-electron chi connectivity index (χ0n) is 15.2. The summed E-state index contributed by atoms with van der Waals surface area (Å²) in [5.74, 6) is -1.28. The van der Waals surface area contributed by atoms with Crippen LogP contribution in [0.5, 0.6) is 11.5 Å². The molecule has 0 saturated carbocycles. The number of nitrogens with zero attached hydrogens (tertiary/aromatic N) is 3. The van der Waals surface area contributed by atoms with E-state index < -0.39 is 22.1 Å². The maximum absolute atomic E-state index is 11.1. The molecule has 3 rings (SSSR count). The van der Waals surface area contributed by atoms with Crippen molar-refractivity contribution in [3.8, 4) is 34.0 Å². The van der Waals surface area contributed by atoms with E-state index >= 15 is 0 Å². The molecule has 0 unspecified atom stereocenters. The van der Waals surface area contributed by atoms with Crippen LogP contribution in [0.25, 0.3) is 22.5 Å². The Balaban J connectivity index is 2.22. The molecule has 7 nitrogen and oxygen atoms in total. The van der Waals surface area contributed by atoms with Gasteiger partial charge in [0.2, 0.25) is 5.75 Å². The van der Waals surface area contributed by atoms with E-state index in [2.05, 4.69) is 20.9 Å². The number of nitro groups is 1. The summed E-state index contributed by atoms with van der Waals surface area (Å²) < 4.78 is 2.59. The van der Waals surface area contributed by atoms with Crippen LogP contribution in [0.1, 0.15) is 16.8 Å². The second-order valence-electron chi connectivity index (χ2n) is 6.40. The van der Waals surface area contributed by atoms with Gasteiger partial charge in [-0.2, -0.15) is 0 Å². The summed E-state index contributed by atoms with van der Waals surface area (Å²) in [5.41, 5.74) is 5.47. The molecule has 0 amide bonds. The number of halogens is 1. The van der Waals surface area contributed by atoms with Crippen molar-refractivity contribution < 1.29 is 15.1 Å². The molecule has 3 aromatic rings. The van der Waals surface area contributed by atoms with E-state index in [0.29, 0.717) is 11.3 Å². The lowest BCUT2D eigenvalue weighted by molar-refractivity contribution is -0.385. The Morgan fingerprint density at radius 1 is 1.11 bits per heavy atom. The third-order valence-electron chi connectivity index (χ3n) is 4.89. The van der Waals surface area contributed by atoms with Gasteiger partial charge in [-0.05, 0) is 66.0 Å². The lowest BCUT2D eigenvalue weighted by Crippen LogP contribution is -2.01. The molecule has 0 spiro atoms. The van der Waals surface area contributed by atoms with E-state index in [1.165, 1.54) is 12.1 Å². The van der Waals surface area contributed by atoms with E-state index in [9.17, 15) is 20.3 Å². The number of pyridine rings is 1. The fourth-order valence-electron chi connectivity index (χ4n) is 3.14. The predicted octanol–water partition coefficient (Wildman–Crippen LogP) is 4.76. The summed E-state index contributed by atoms with van der Waals surface area (Å²) in [6.45, 7) is 5.98. The maximum Gasteiger partial charge on any atom is 0.315 e. The van der Waals surface area contributed by atoms with Gasteiger partial charge in [-0.15, -0.1) is 0 Å². The minimum absolute atomic E-state index is 0.427. The number of aromatic hydroxyl groups is 2. The summed E-state index contributed by atoms with van der Waals surface area (Å²) in [6.07, 6.45) is 0. The average Bonchev–Trinajstić information content (AvgIpc) is 2.96. The molecular formula is C19H18BrN3O4. The first-order valence-electron chi connectivity index (χ1n) is 8.13. The first kappa shape index (κ1) is 18.9. The Morgan fingerprint density at radius 2 is 1.74 bits per heavy atom. The quantitative estimate of drug-likeness (QED) is 0.269. The summed E-state index contributed by atoms with van der Waals surface area (Å²) in [7, 11) is 1.83. The highest BCUT2D eigenvalue weighted by atomic mass is 79.9. The van der Waals surface area contributed by atoms with Gasteiger partial charge in [0, 0.05) is 35.6 Å². The highest BCUT2D eigenvalue weighted by Crippen LogP contribution is 2.41. The Labute approximate surface area is 164 Å². The van der Waals surface area contributed by atoms with Gasteiger partial charge in [0.15, 0.2) is 5.75 Å². The van der Waals surface area contributed by atoms with Gasteiger partial charge in [-0.25, -0.2) is 4.98 Å². The SMILES string of the molecule is Cc1nc(Br)c(-c2ccc(-c3cc(O)c(O)c([N+](=O)[O-])c3)n2C)c(C)c1C. The standard InChI is InChI=1S/C19H18BrN3O4/c1-9-10(2)17(19(20)21-11(9)3)14-6-5-13(22(14)4)12-7-15(23(26)27)18(25)16(24)8-12/h5-8,24-25H,1-4H3. The van der Waals surface area contributed by atoms with Gasteiger partial charge in [-0.3, -0.25) is 10.1 Å². The van der Waals surface area contributed by atoms with Crippen molar-refractivity contribution in [1.82, 2.24) is 9.55 Å². The Hall–Kier alpha value is -2.87. The third-order valence-corrected chi connectivity index (χ3v) is 5.47. The summed E-state index contributed by atoms with van der Waals surface area (Å²) in [5, 5.41) is 30.7. The number of nitro benzene ring substituents is 1. The highest BCUT2D eigenvalue weighted by Gasteiger charge is 2.22. The Kier molecular flexibility index (Phi) is 4.69. The van der Waals surface area contributed by atoms with Gasteiger partial charge in [0.25, 0.3) is 0 Å². The normalized spacial score (nSPS) is 11.0. The molecular weight excluding hydrogens is 414 g/mol. The van der Waals surface area contributed by atoms with Crippen molar-refractivity contribution in [2.45, 2.75) is 20.8 Å². The van der Waals surface area contributed by atoms with Crippen molar-refractivity contribution >= 4 is 21.6 Å². The molecule has 1 aromatic carbocycles. The first-order chi connectivity index (χ1) is 12.6. The van der Waals surface area contributed by atoms with Crippen molar-refractivity contribution in [2.24, 2.45) is 7.05 Å². The number of phenolic OH excluding ortho intramolecular Hbond substituents is 2. The van der Waals surface area contributed by atoms with Crippen LogP contribution in [0.2, 0.25) is 0 Å². The lowest BCUT2D eigenvalue weighted by atomic mass is 10.0. The molecule has 8 heteroatoms. The fraction of sp³-hybridized carbons (Fsp3) is 0.211. The second-order valence-corrected chi connectivity index (χ2v) is 7.15. The molecule has 0 bridgehead atoms. The van der Waals surface area contributed by atoms with Gasteiger partial charge >= 0.3 is 5.69 Å². The maximum atomic E-state index is 11.1. The van der Waals surface area contributed by atoms with E-state index in [0.717, 1.165) is 32.7 Å². The number of rotatable bonds is 3. The minimum Gasteiger partial charge on any atom is -0.504 e. The van der Waals surface area contributed by atoms with Crippen LogP contribution in [0.3, 0.4) is 0 Å². The van der Waals surface area contributed by atoms with Crippen LogP contribution in [-0.2, 0) is 7.05 Å². The number of benzene rings is 1. The molecule has 0 atom stereocenters. The number of aryl methyl sites for hydroxylation is 1. The van der Waals surface area contributed by atoms with Crippen LogP contribution in [0.15, 0.2) is 28.9 Å². The summed E-state index contributed by atoms with van der Waals surface area (Å²) >= 11 is 3.53. The predicted molar refractivity (Wildman–Crippen MR) is 106 cm³/mol. The molecule has 2 aromatic heterocycles. The molecule has 0 saturated heterocycles. The van der Waals surface area contributed by atoms with E-state index in [-0.39, 0.29) is 0 Å². The molecule has 140 valence electrons. The molecule has 27 heavy (non-hydrogen) atoms. The minimum atomic E-state index is -0.741. The smallest absolute Gasteiger partial charge is 0.315 e. The van der Waals surface area contributed by atoms with Gasteiger partial charge in [0.05, 0.1) is 10.6 Å². The monoisotopic (exact) mass is 431 g/mol. The van der Waals surface area contributed by atoms with Crippen LogP contribution in [-0.4, -0.2) is 24.7 Å². The molecule has 0 aliphatic carbocycles. The molecule has 0 aliphatic rings. The summed E-state index contributed by atoms with van der Waals surface area (Å²) in [6, 6.07) is 6.26.